The lowest BCUT2D eigenvalue weighted by atomic mass is 9.98. The molecule has 0 amide bonds. The van der Waals surface area contributed by atoms with Gasteiger partial charge in [-0.2, -0.15) is 0 Å². The van der Waals surface area contributed by atoms with Crippen molar-refractivity contribution in [2.24, 2.45) is 5.73 Å². The molecule has 19 heavy (non-hydrogen) atoms. The first-order valence-electron chi connectivity index (χ1n) is 5.25. The van der Waals surface area contributed by atoms with Crippen LogP contribution in [0.15, 0.2) is 30.3 Å². The molecule has 0 heterocycles. The molecule has 100 valence electrons. The molecule has 2 aromatic carbocycles. The topological polar surface area (TPSA) is 26.0 Å². The fourth-order valence-corrected chi connectivity index (χ4v) is 1.99. The third kappa shape index (κ3) is 2.57. The summed E-state index contributed by atoms with van der Waals surface area (Å²) >= 11 is 5.79. The van der Waals surface area contributed by atoms with E-state index in [4.69, 9.17) is 17.3 Å². The van der Waals surface area contributed by atoms with Crippen LogP contribution in [-0.2, 0) is 0 Å². The molecule has 0 aliphatic rings. The summed E-state index contributed by atoms with van der Waals surface area (Å²) in [4.78, 5) is 0. The van der Waals surface area contributed by atoms with Gasteiger partial charge in [-0.1, -0.05) is 23.7 Å². The Balaban J connectivity index is 2.50. The second kappa shape index (κ2) is 5.19. The van der Waals surface area contributed by atoms with Crippen LogP contribution in [0, 0.1) is 23.3 Å². The van der Waals surface area contributed by atoms with E-state index >= 15 is 0 Å². The highest BCUT2D eigenvalue weighted by Crippen LogP contribution is 2.29. The lowest BCUT2D eigenvalue weighted by molar-refractivity contribution is 0.438. The Hall–Kier alpha value is -1.59. The summed E-state index contributed by atoms with van der Waals surface area (Å²) in [6.07, 6.45) is 0. The molecule has 0 spiro atoms. The number of rotatable bonds is 2. The van der Waals surface area contributed by atoms with E-state index in [0.717, 1.165) is 24.3 Å². The van der Waals surface area contributed by atoms with Gasteiger partial charge in [-0.3, -0.25) is 0 Å². The number of benzene rings is 2. The number of hydrogen-bond acceptors (Lipinski definition) is 1. The van der Waals surface area contributed by atoms with Gasteiger partial charge in [0.05, 0.1) is 6.04 Å². The molecule has 1 nitrogen and oxygen atoms in total. The van der Waals surface area contributed by atoms with Gasteiger partial charge in [-0.25, -0.2) is 17.6 Å². The molecule has 1 atom stereocenters. The SMILES string of the molecule is NC(c1ccc(F)cc1Cl)c1ccc(F)c(F)c1F. The molecule has 0 radical (unpaired) electrons. The van der Waals surface area contributed by atoms with Gasteiger partial charge >= 0.3 is 0 Å². The van der Waals surface area contributed by atoms with E-state index in [1.165, 1.54) is 6.07 Å². The van der Waals surface area contributed by atoms with E-state index in [9.17, 15) is 17.6 Å². The largest absolute Gasteiger partial charge is 0.320 e. The van der Waals surface area contributed by atoms with Crippen LogP contribution in [0.3, 0.4) is 0 Å². The molecule has 0 bridgehead atoms. The van der Waals surface area contributed by atoms with Crippen LogP contribution in [-0.4, -0.2) is 0 Å². The van der Waals surface area contributed by atoms with Crippen molar-refractivity contribution < 1.29 is 17.6 Å². The Morgan fingerprint density at radius 3 is 2.16 bits per heavy atom. The average molecular weight is 290 g/mol. The molecule has 0 fully saturated rings. The minimum Gasteiger partial charge on any atom is -0.320 e. The summed E-state index contributed by atoms with van der Waals surface area (Å²) in [5, 5.41) is -0.0170. The predicted octanol–water partition coefficient (Wildman–Crippen LogP) is 3.94. The van der Waals surface area contributed by atoms with Gasteiger partial charge in [0.15, 0.2) is 17.5 Å². The van der Waals surface area contributed by atoms with Gasteiger partial charge < -0.3 is 5.73 Å². The first-order chi connectivity index (χ1) is 8.91. The monoisotopic (exact) mass is 289 g/mol. The van der Waals surface area contributed by atoms with Gasteiger partial charge in [0.2, 0.25) is 0 Å². The molecule has 2 N–H and O–H groups in total. The summed E-state index contributed by atoms with van der Waals surface area (Å²) in [5.41, 5.74) is 5.71. The van der Waals surface area contributed by atoms with Crippen molar-refractivity contribution in [2.45, 2.75) is 6.04 Å². The maximum absolute atomic E-state index is 13.6. The number of hydrogen-bond donors (Lipinski definition) is 1. The van der Waals surface area contributed by atoms with Crippen LogP contribution in [0.25, 0.3) is 0 Å². The maximum atomic E-state index is 13.6. The van der Waals surface area contributed by atoms with Crippen molar-refractivity contribution in [1.82, 2.24) is 0 Å². The third-order valence-electron chi connectivity index (χ3n) is 2.70. The van der Waals surface area contributed by atoms with Gasteiger partial charge in [-0.15, -0.1) is 0 Å². The molecular weight excluding hydrogens is 282 g/mol. The molecule has 0 aliphatic heterocycles. The molecule has 2 rings (SSSR count). The Morgan fingerprint density at radius 1 is 0.895 bits per heavy atom. The van der Waals surface area contributed by atoms with E-state index < -0.39 is 29.3 Å². The molecule has 1 unspecified atom stereocenters. The third-order valence-corrected chi connectivity index (χ3v) is 3.02. The average Bonchev–Trinajstić information content (AvgIpc) is 2.35. The van der Waals surface area contributed by atoms with Crippen LogP contribution in [0.2, 0.25) is 5.02 Å². The highest BCUT2D eigenvalue weighted by molar-refractivity contribution is 6.31. The Morgan fingerprint density at radius 2 is 1.53 bits per heavy atom. The van der Waals surface area contributed by atoms with E-state index in [1.54, 1.807) is 0 Å². The molecule has 0 aliphatic carbocycles. The highest BCUT2D eigenvalue weighted by Gasteiger charge is 2.21. The van der Waals surface area contributed by atoms with Gasteiger partial charge in [0.1, 0.15) is 5.82 Å². The van der Waals surface area contributed by atoms with Crippen LogP contribution >= 0.6 is 11.6 Å². The van der Waals surface area contributed by atoms with Crippen molar-refractivity contribution in [1.29, 1.82) is 0 Å². The zero-order chi connectivity index (χ0) is 14.2. The van der Waals surface area contributed by atoms with Crippen LogP contribution in [0.1, 0.15) is 17.2 Å². The van der Waals surface area contributed by atoms with Crippen LogP contribution < -0.4 is 5.73 Å². The summed E-state index contributed by atoms with van der Waals surface area (Å²) < 4.78 is 52.5. The van der Waals surface area contributed by atoms with Crippen LogP contribution in [0.4, 0.5) is 17.6 Å². The smallest absolute Gasteiger partial charge is 0.194 e. The molecule has 0 saturated heterocycles. The minimum atomic E-state index is -1.61. The van der Waals surface area contributed by atoms with Gasteiger partial charge in [0, 0.05) is 10.6 Å². The van der Waals surface area contributed by atoms with Crippen molar-refractivity contribution >= 4 is 11.6 Å². The van der Waals surface area contributed by atoms with Crippen molar-refractivity contribution in [3.8, 4) is 0 Å². The number of halogens is 5. The normalized spacial score (nSPS) is 12.5. The highest BCUT2D eigenvalue weighted by atomic mass is 35.5. The van der Waals surface area contributed by atoms with Crippen molar-refractivity contribution in [3.05, 3.63) is 69.8 Å². The molecule has 6 heteroatoms. The summed E-state index contributed by atoms with van der Waals surface area (Å²) in [7, 11) is 0. The first kappa shape index (κ1) is 13.8. The van der Waals surface area contributed by atoms with Gasteiger partial charge in [-0.05, 0) is 23.8 Å². The van der Waals surface area contributed by atoms with Crippen LogP contribution in [0.5, 0.6) is 0 Å². The molecule has 0 saturated carbocycles. The van der Waals surface area contributed by atoms with Crippen molar-refractivity contribution in [2.75, 3.05) is 0 Å². The summed E-state index contributed by atoms with van der Waals surface area (Å²) in [6, 6.07) is 4.04. The summed E-state index contributed by atoms with van der Waals surface area (Å²) in [5.74, 6) is -4.87. The fraction of sp³-hybridized carbons (Fsp3) is 0.0769. The van der Waals surface area contributed by atoms with Crippen molar-refractivity contribution in [3.63, 3.8) is 0 Å². The lowest BCUT2D eigenvalue weighted by Crippen LogP contribution is -2.15. The fourth-order valence-electron chi connectivity index (χ4n) is 1.70. The summed E-state index contributed by atoms with van der Waals surface area (Å²) in [6.45, 7) is 0. The van der Waals surface area contributed by atoms with E-state index in [2.05, 4.69) is 0 Å². The standard InChI is InChI=1S/C13H8ClF4N/c14-9-5-6(15)1-2-7(9)13(19)8-3-4-10(16)12(18)11(8)17/h1-5,13H,19H2. The number of nitrogens with two attached hydrogens (primary N) is 1. The Kier molecular flexibility index (Phi) is 3.78. The van der Waals surface area contributed by atoms with Gasteiger partial charge in [0.25, 0.3) is 0 Å². The zero-order valence-electron chi connectivity index (χ0n) is 9.43. The second-order valence-electron chi connectivity index (χ2n) is 3.91. The first-order valence-corrected chi connectivity index (χ1v) is 5.63. The van der Waals surface area contributed by atoms with E-state index in [-0.39, 0.29) is 16.1 Å². The quantitative estimate of drug-likeness (QED) is 0.657. The molecule has 2 aromatic rings. The Labute approximate surface area is 111 Å². The minimum absolute atomic E-state index is 0.0170. The zero-order valence-corrected chi connectivity index (χ0v) is 10.2. The molecular formula is C13H8ClF4N. The van der Waals surface area contributed by atoms with E-state index in [0.29, 0.717) is 0 Å². The van der Waals surface area contributed by atoms with E-state index in [1.807, 2.05) is 0 Å². The Bertz CT molecular complexity index is 630. The molecule has 0 aromatic heterocycles. The lowest BCUT2D eigenvalue weighted by Gasteiger charge is -2.15. The predicted molar refractivity (Wildman–Crippen MR) is 63.8 cm³/mol. The second-order valence-corrected chi connectivity index (χ2v) is 4.32. The maximum Gasteiger partial charge on any atom is 0.194 e.